The van der Waals surface area contributed by atoms with Gasteiger partial charge in [0.25, 0.3) is 0 Å². The molecule has 1 aromatic carbocycles. The van der Waals surface area contributed by atoms with Crippen LogP contribution >= 0.6 is 11.6 Å². The van der Waals surface area contributed by atoms with Gasteiger partial charge in [0.1, 0.15) is 18.3 Å². The van der Waals surface area contributed by atoms with Crippen LogP contribution in [-0.2, 0) is 30.2 Å². The van der Waals surface area contributed by atoms with Gasteiger partial charge in [0.2, 0.25) is 5.91 Å². The number of halogens is 3. The van der Waals surface area contributed by atoms with Gasteiger partial charge >= 0.3 is 5.92 Å². The van der Waals surface area contributed by atoms with Crippen molar-refractivity contribution in [2.45, 2.75) is 25.4 Å². The Balaban J connectivity index is 1.79. The van der Waals surface area contributed by atoms with E-state index in [1.807, 2.05) is 12.1 Å². The number of nitriles is 1. The van der Waals surface area contributed by atoms with E-state index in [0.717, 1.165) is 11.1 Å². The number of nitrogens with zero attached hydrogens (tertiary/aromatic N) is 4. The fourth-order valence-electron chi connectivity index (χ4n) is 3.34. The molecule has 3 aromatic rings. The molecule has 0 saturated heterocycles. The number of carbonyl (C=O) groups is 1. The largest absolute Gasteiger partial charge is 0.427 e. The van der Waals surface area contributed by atoms with Gasteiger partial charge in [-0.1, -0.05) is 23.7 Å². The van der Waals surface area contributed by atoms with Gasteiger partial charge in [0, 0.05) is 24.3 Å². The van der Waals surface area contributed by atoms with Crippen LogP contribution in [0.25, 0.3) is 0 Å². The molecule has 3 rings (SSSR count). The Morgan fingerprint density at radius 1 is 1.23 bits per heavy atom. The maximum Gasteiger partial charge on any atom is 0.308 e. The monoisotopic (exact) mass is 500 g/mol. The molecule has 8 nitrogen and oxygen atoms in total. The number of rotatable bonds is 9. The maximum atomic E-state index is 14.4. The average Bonchev–Trinajstić information content (AvgIpc) is 2.85. The summed E-state index contributed by atoms with van der Waals surface area (Å²) in [7, 11) is 1.80. The van der Waals surface area contributed by atoms with E-state index >= 15 is 0 Å². The zero-order chi connectivity index (χ0) is 25.4. The highest BCUT2D eigenvalue weighted by Crippen LogP contribution is 2.25. The van der Waals surface area contributed by atoms with Crippen molar-refractivity contribution in [2.75, 3.05) is 13.6 Å². The van der Waals surface area contributed by atoms with E-state index in [1.165, 1.54) is 36.5 Å². The van der Waals surface area contributed by atoms with Gasteiger partial charge in [-0.2, -0.15) is 18.8 Å². The first-order chi connectivity index (χ1) is 16.7. The molecule has 1 amide bonds. The average molecular weight is 501 g/mol. The predicted octanol–water partition coefficient (Wildman–Crippen LogP) is 2.92. The molecule has 0 bridgehead atoms. The Labute approximate surface area is 205 Å². The van der Waals surface area contributed by atoms with Crippen molar-refractivity contribution in [3.05, 3.63) is 93.3 Å². The fourth-order valence-corrected chi connectivity index (χ4v) is 3.53. The first kappa shape index (κ1) is 25.8. The predicted molar refractivity (Wildman–Crippen MR) is 125 cm³/mol. The van der Waals surface area contributed by atoms with E-state index in [0.29, 0.717) is 16.3 Å². The van der Waals surface area contributed by atoms with Crippen molar-refractivity contribution in [1.29, 1.82) is 5.26 Å². The van der Waals surface area contributed by atoms with E-state index in [-0.39, 0.29) is 29.7 Å². The zero-order valence-corrected chi connectivity index (χ0v) is 19.6. The summed E-state index contributed by atoms with van der Waals surface area (Å²) >= 11 is 6.07. The number of nitrogens with one attached hydrogen (secondary N) is 2. The minimum atomic E-state index is -3.37. The van der Waals surface area contributed by atoms with Gasteiger partial charge in [0.05, 0.1) is 17.7 Å². The molecule has 182 valence electrons. The summed E-state index contributed by atoms with van der Waals surface area (Å²) in [5.41, 5.74) is 0.999. The summed E-state index contributed by atoms with van der Waals surface area (Å²) < 4.78 is 29.3. The van der Waals surface area contributed by atoms with Gasteiger partial charge in [-0.05, 0) is 54.6 Å². The standard InChI is InChI=1S/C24H23ClF2N6O2/c1-29-13-17-5-7-19(25)10-18(17)14-31-23(34)11-20-16(12-28)6-8-22(33(20)35)32-15-24(26,27)21-4-2-3-9-30-21/h2-10,29,35H,11,13-15H2,1H3,(H,31,34). The Kier molecular flexibility index (Phi) is 8.52. The third-order valence-corrected chi connectivity index (χ3v) is 5.36. The summed E-state index contributed by atoms with van der Waals surface area (Å²) in [5, 5.41) is 26.2. The Hall–Kier alpha value is -3.81. The molecule has 0 unspecified atom stereocenters. The summed E-state index contributed by atoms with van der Waals surface area (Å²) in [6, 6.07) is 13.9. The number of benzene rings is 1. The summed E-state index contributed by atoms with van der Waals surface area (Å²) in [6.07, 6.45) is 0.875. The molecule has 2 aromatic heterocycles. The van der Waals surface area contributed by atoms with Crippen LogP contribution in [0.5, 0.6) is 0 Å². The van der Waals surface area contributed by atoms with Gasteiger partial charge < -0.3 is 15.8 Å². The van der Waals surface area contributed by atoms with Crippen molar-refractivity contribution in [3.8, 4) is 6.07 Å². The van der Waals surface area contributed by atoms with Crippen molar-refractivity contribution < 1.29 is 18.8 Å². The molecule has 35 heavy (non-hydrogen) atoms. The van der Waals surface area contributed by atoms with E-state index in [4.69, 9.17) is 11.6 Å². The van der Waals surface area contributed by atoms with Crippen molar-refractivity contribution >= 4 is 17.5 Å². The molecular weight excluding hydrogens is 478 g/mol. The molecule has 0 atom stereocenters. The number of hydrogen-bond donors (Lipinski definition) is 3. The summed E-state index contributed by atoms with van der Waals surface area (Å²) in [4.78, 5) is 20.1. The fraction of sp³-hybridized carbons (Fsp3) is 0.250. The molecule has 3 N–H and O–H groups in total. The third-order valence-electron chi connectivity index (χ3n) is 5.12. The number of hydrogen-bond acceptors (Lipinski definition) is 6. The van der Waals surface area contributed by atoms with Crippen molar-refractivity contribution in [1.82, 2.24) is 20.3 Å². The molecule has 0 aliphatic heterocycles. The lowest BCUT2D eigenvalue weighted by molar-refractivity contribution is -0.120. The molecule has 0 radical (unpaired) electrons. The lowest BCUT2D eigenvalue weighted by Crippen LogP contribution is -2.31. The third kappa shape index (κ3) is 6.62. The maximum absolute atomic E-state index is 14.4. The Morgan fingerprint density at radius 2 is 2.03 bits per heavy atom. The minimum Gasteiger partial charge on any atom is -0.427 e. The second-order valence-corrected chi connectivity index (χ2v) is 8.04. The first-order valence-corrected chi connectivity index (χ1v) is 11.0. The number of pyridine rings is 2. The Bertz CT molecular complexity index is 1310. The zero-order valence-electron chi connectivity index (χ0n) is 18.8. The molecular formula is C24H23ClF2N6O2. The highest BCUT2D eigenvalue weighted by atomic mass is 35.5. The number of aromatic nitrogens is 2. The lowest BCUT2D eigenvalue weighted by Gasteiger charge is -2.14. The van der Waals surface area contributed by atoms with Gasteiger partial charge in [-0.3, -0.25) is 14.8 Å². The summed E-state index contributed by atoms with van der Waals surface area (Å²) in [5.74, 6) is -3.86. The Morgan fingerprint density at radius 3 is 2.71 bits per heavy atom. The number of alkyl halides is 2. The van der Waals surface area contributed by atoms with Crippen LogP contribution in [0.2, 0.25) is 5.02 Å². The summed E-state index contributed by atoms with van der Waals surface area (Å²) in [6.45, 7) is -0.237. The lowest BCUT2D eigenvalue weighted by atomic mass is 10.1. The van der Waals surface area contributed by atoms with Gasteiger partial charge in [-0.15, -0.1) is 0 Å². The number of amides is 1. The van der Waals surface area contributed by atoms with Crippen LogP contribution in [-0.4, -0.2) is 34.4 Å². The van der Waals surface area contributed by atoms with Crippen LogP contribution in [0.3, 0.4) is 0 Å². The van der Waals surface area contributed by atoms with Crippen LogP contribution in [0.1, 0.15) is 28.1 Å². The van der Waals surface area contributed by atoms with Crippen LogP contribution < -0.4 is 16.1 Å². The number of carbonyl (C=O) groups excluding carboxylic acids is 1. The van der Waals surface area contributed by atoms with E-state index in [2.05, 4.69) is 20.6 Å². The second-order valence-electron chi connectivity index (χ2n) is 7.61. The van der Waals surface area contributed by atoms with Crippen molar-refractivity contribution in [3.63, 3.8) is 0 Å². The first-order valence-electron chi connectivity index (χ1n) is 10.6. The quantitative estimate of drug-likeness (QED) is 0.391. The molecule has 0 aliphatic rings. The smallest absolute Gasteiger partial charge is 0.308 e. The topological polar surface area (TPSA) is 115 Å². The molecule has 0 aliphatic carbocycles. The molecule has 0 saturated carbocycles. The van der Waals surface area contributed by atoms with E-state index in [9.17, 15) is 24.0 Å². The normalized spacial score (nSPS) is 11.8. The molecule has 0 spiro atoms. The highest BCUT2D eigenvalue weighted by Gasteiger charge is 2.32. The minimum absolute atomic E-state index is 0.0108. The van der Waals surface area contributed by atoms with Gasteiger partial charge in [0.15, 0.2) is 5.49 Å². The van der Waals surface area contributed by atoms with Gasteiger partial charge in [-0.25, -0.2) is 0 Å². The molecule has 0 fully saturated rings. The second kappa shape index (κ2) is 11.6. The van der Waals surface area contributed by atoms with Crippen LogP contribution in [0.15, 0.2) is 59.7 Å². The molecule has 2 heterocycles. The van der Waals surface area contributed by atoms with E-state index in [1.54, 1.807) is 19.2 Å². The van der Waals surface area contributed by atoms with E-state index < -0.39 is 24.1 Å². The highest BCUT2D eigenvalue weighted by molar-refractivity contribution is 6.30. The SMILES string of the molecule is CNCc1ccc(Cl)cc1CNC(=O)Cc1c(C#N)ccc(=NCC(F)(F)c2ccccn2)n1O. The van der Waals surface area contributed by atoms with Crippen LogP contribution in [0, 0.1) is 11.3 Å². The van der Waals surface area contributed by atoms with Crippen LogP contribution in [0.4, 0.5) is 8.78 Å². The van der Waals surface area contributed by atoms with Crippen molar-refractivity contribution in [2.24, 2.45) is 4.99 Å². The molecule has 11 heteroatoms.